The zero-order valence-electron chi connectivity index (χ0n) is 21.3. The van der Waals surface area contributed by atoms with E-state index in [1.165, 1.54) is 17.3 Å². The van der Waals surface area contributed by atoms with E-state index in [0.29, 0.717) is 23.8 Å². The Labute approximate surface area is 212 Å². The maximum absolute atomic E-state index is 14.4. The minimum Gasteiger partial charge on any atom is -0.491 e. The van der Waals surface area contributed by atoms with Gasteiger partial charge in [0.1, 0.15) is 11.6 Å². The van der Waals surface area contributed by atoms with E-state index in [1.54, 1.807) is 12.1 Å². The second-order valence-corrected chi connectivity index (χ2v) is 9.81. The number of aryl methyl sites for hydroxylation is 2. The van der Waals surface area contributed by atoms with Crippen LogP contribution in [-0.2, 0) is 30.7 Å². The van der Waals surface area contributed by atoms with Crippen molar-refractivity contribution in [1.29, 1.82) is 0 Å². The second kappa shape index (κ2) is 11.5. The van der Waals surface area contributed by atoms with Gasteiger partial charge in [0.15, 0.2) is 0 Å². The molecule has 0 bridgehead atoms. The largest absolute Gasteiger partial charge is 0.491 e. The number of hydrogen-bond donors (Lipinski definition) is 2. The lowest BCUT2D eigenvalue weighted by atomic mass is 9.96. The number of nitrogens with one attached hydrogen (secondary N) is 1. The van der Waals surface area contributed by atoms with Crippen molar-refractivity contribution in [2.75, 3.05) is 10.2 Å². The molecule has 0 amide bonds. The Hall–Kier alpha value is -3.54. The fourth-order valence-electron chi connectivity index (χ4n) is 4.69. The standard InChI is InChI=1S/C30H35FN2O3/c1-20(2)36-29-16-22(18-32-26-14-12-23(27(31)17-26)13-15-30(34)35)9-11-25(29)19-33-21(3)8-10-24-6-4-5-7-28(24)33/h4-7,9,11-12,14,16-17,20-21,32H,8,10,13,15,18-19H2,1-3H3,(H,34,35). The van der Waals surface area contributed by atoms with Gasteiger partial charge in [-0.15, -0.1) is 0 Å². The van der Waals surface area contributed by atoms with E-state index in [1.807, 2.05) is 13.8 Å². The van der Waals surface area contributed by atoms with Crippen molar-refractivity contribution >= 4 is 17.3 Å². The summed E-state index contributed by atoms with van der Waals surface area (Å²) in [5.74, 6) is -0.454. The summed E-state index contributed by atoms with van der Waals surface area (Å²) in [6.45, 7) is 7.64. The number of aliphatic carboxylic acids is 1. The number of carboxylic acids is 1. The molecule has 1 aliphatic heterocycles. The molecule has 2 N–H and O–H groups in total. The van der Waals surface area contributed by atoms with E-state index in [4.69, 9.17) is 9.84 Å². The van der Waals surface area contributed by atoms with Crippen molar-refractivity contribution < 1.29 is 19.0 Å². The Morgan fingerprint density at radius 2 is 1.92 bits per heavy atom. The van der Waals surface area contributed by atoms with Gasteiger partial charge in [-0.25, -0.2) is 4.39 Å². The number of fused-ring (bicyclic) bond motifs is 1. The highest BCUT2D eigenvalue weighted by Crippen LogP contribution is 2.34. The molecule has 0 spiro atoms. The van der Waals surface area contributed by atoms with Crippen molar-refractivity contribution in [3.63, 3.8) is 0 Å². The maximum Gasteiger partial charge on any atom is 0.303 e. The van der Waals surface area contributed by atoms with Gasteiger partial charge in [0.05, 0.1) is 6.10 Å². The second-order valence-electron chi connectivity index (χ2n) is 9.81. The highest BCUT2D eigenvalue weighted by atomic mass is 19.1. The van der Waals surface area contributed by atoms with E-state index in [0.717, 1.165) is 36.3 Å². The fourth-order valence-corrected chi connectivity index (χ4v) is 4.69. The zero-order chi connectivity index (χ0) is 25.7. The molecule has 36 heavy (non-hydrogen) atoms. The number of ether oxygens (including phenoxy) is 1. The minimum atomic E-state index is -0.932. The van der Waals surface area contributed by atoms with Gasteiger partial charge in [0.2, 0.25) is 0 Å². The normalized spacial score (nSPS) is 15.0. The number of anilines is 2. The average molecular weight is 491 g/mol. The smallest absolute Gasteiger partial charge is 0.303 e. The lowest BCUT2D eigenvalue weighted by Gasteiger charge is -2.37. The van der Waals surface area contributed by atoms with Crippen LogP contribution in [0.15, 0.2) is 60.7 Å². The molecule has 0 fully saturated rings. The summed E-state index contributed by atoms with van der Waals surface area (Å²) in [5, 5.41) is 12.1. The number of carboxylic acid groups (broad SMARTS) is 1. The van der Waals surface area contributed by atoms with Gasteiger partial charge in [-0.1, -0.05) is 36.4 Å². The third-order valence-electron chi connectivity index (χ3n) is 6.66. The van der Waals surface area contributed by atoms with Crippen molar-refractivity contribution in [3.8, 4) is 5.75 Å². The third-order valence-corrected chi connectivity index (χ3v) is 6.66. The molecule has 0 radical (unpaired) electrons. The maximum atomic E-state index is 14.4. The van der Waals surface area contributed by atoms with Crippen LogP contribution in [0.25, 0.3) is 0 Å². The number of rotatable bonds is 10. The lowest BCUT2D eigenvalue weighted by Crippen LogP contribution is -2.36. The van der Waals surface area contributed by atoms with Crippen LogP contribution in [0.2, 0.25) is 0 Å². The summed E-state index contributed by atoms with van der Waals surface area (Å²) in [5.41, 5.74) is 5.94. The summed E-state index contributed by atoms with van der Waals surface area (Å²) in [4.78, 5) is 13.2. The molecule has 3 aromatic rings. The van der Waals surface area contributed by atoms with Crippen LogP contribution in [-0.4, -0.2) is 23.2 Å². The third kappa shape index (κ3) is 6.36. The van der Waals surface area contributed by atoms with Crippen molar-refractivity contribution in [2.24, 2.45) is 0 Å². The molecular weight excluding hydrogens is 455 g/mol. The molecule has 4 rings (SSSR count). The summed E-state index contributed by atoms with van der Waals surface area (Å²) in [7, 11) is 0. The van der Waals surface area contributed by atoms with E-state index < -0.39 is 11.8 Å². The SMILES string of the molecule is CC(C)Oc1cc(CNc2ccc(CCC(=O)O)c(F)c2)ccc1CN1c2ccccc2CCC1C. The first-order valence-corrected chi connectivity index (χ1v) is 12.7. The molecular formula is C30H35FN2O3. The minimum absolute atomic E-state index is 0.0467. The van der Waals surface area contributed by atoms with Crippen molar-refractivity contribution in [1.82, 2.24) is 0 Å². The fraction of sp³-hybridized carbons (Fsp3) is 0.367. The molecule has 0 aliphatic carbocycles. The molecule has 1 aliphatic rings. The van der Waals surface area contributed by atoms with E-state index in [9.17, 15) is 9.18 Å². The van der Waals surface area contributed by atoms with Gasteiger partial charge >= 0.3 is 5.97 Å². The van der Waals surface area contributed by atoms with Crippen LogP contribution in [0.3, 0.4) is 0 Å². The number of para-hydroxylation sites is 1. The summed E-state index contributed by atoms with van der Waals surface area (Å²) in [6.07, 6.45) is 2.38. The molecule has 0 aromatic heterocycles. The van der Waals surface area contributed by atoms with Gasteiger partial charge in [0.25, 0.3) is 0 Å². The van der Waals surface area contributed by atoms with Gasteiger partial charge < -0.3 is 20.1 Å². The van der Waals surface area contributed by atoms with Crippen molar-refractivity contribution in [2.45, 2.75) is 71.7 Å². The van der Waals surface area contributed by atoms with Crippen LogP contribution in [0.4, 0.5) is 15.8 Å². The van der Waals surface area contributed by atoms with E-state index >= 15 is 0 Å². The number of halogens is 1. The molecule has 3 aromatic carbocycles. The predicted octanol–water partition coefficient (Wildman–Crippen LogP) is 6.58. The Kier molecular flexibility index (Phi) is 8.14. The van der Waals surface area contributed by atoms with Gasteiger partial charge in [-0.2, -0.15) is 0 Å². The zero-order valence-corrected chi connectivity index (χ0v) is 21.3. The molecule has 1 unspecified atom stereocenters. The topological polar surface area (TPSA) is 61.8 Å². The molecule has 1 heterocycles. The average Bonchev–Trinajstić information content (AvgIpc) is 2.84. The molecule has 6 heteroatoms. The summed E-state index contributed by atoms with van der Waals surface area (Å²) in [6, 6.07) is 20.2. The molecule has 1 atom stereocenters. The first-order valence-electron chi connectivity index (χ1n) is 12.7. The van der Waals surface area contributed by atoms with Crippen LogP contribution < -0.4 is 15.0 Å². The molecule has 0 saturated heterocycles. The predicted molar refractivity (Wildman–Crippen MR) is 142 cm³/mol. The number of hydrogen-bond acceptors (Lipinski definition) is 4. The molecule has 5 nitrogen and oxygen atoms in total. The quantitative estimate of drug-likeness (QED) is 0.336. The Bertz CT molecular complexity index is 1210. The molecule has 190 valence electrons. The Balaban J connectivity index is 1.49. The van der Waals surface area contributed by atoms with Crippen LogP contribution in [0.5, 0.6) is 5.75 Å². The number of benzene rings is 3. The van der Waals surface area contributed by atoms with E-state index in [2.05, 4.69) is 59.6 Å². The van der Waals surface area contributed by atoms with Gasteiger partial charge in [-0.05, 0) is 81.0 Å². The highest BCUT2D eigenvalue weighted by molar-refractivity contribution is 5.67. The monoisotopic (exact) mass is 490 g/mol. The Morgan fingerprint density at radius 3 is 2.67 bits per heavy atom. The van der Waals surface area contributed by atoms with Crippen molar-refractivity contribution in [3.05, 3.63) is 88.7 Å². The van der Waals surface area contributed by atoms with E-state index in [-0.39, 0.29) is 18.9 Å². The Morgan fingerprint density at radius 1 is 1.14 bits per heavy atom. The highest BCUT2D eigenvalue weighted by Gasteiger charge is 2.24. The van der Waals surface area contributed by atoms with Crippen LogP contribution in [0.1, 0.15) is 55.9 Å². The first-order chi connectivity index (χ1) is 17.3. The summed E-state index contributed by atoms with van der Waals surface area (Å²) < 4.78 is 20.6. The van der Waals surface area contributed by atoms with Crippen LogP contribution >= 0.6 is 0 Å². The molecule has 0 saturated carbocycles. The lowest BCUT2D eigenvalue weighted by molar-refractivity contribution is -0.136. The number of nitrogens with zero attached hydrogens (tertiary/aromatic N) is 1. The van der Waals surface area contributed by atoms with Gasteiger partial charge in [0, 0.05) is 42.5 Å². The number of carbonyl (C=O) groups is 1. The summed E-state index contributed by atoms with van der Waals surface area (Å²) >= 11 is 0. The first kappa shape index (κ1) is 25.5. The van der Waals surface area contributed by atoms with Crippen LogP contribution in [0, 0.1) is 5.82 Å². The van der Waals surface area contributed by atoms with Gasteiger partial charge in [-0.3, -0.25) is 4.79 Å².